The molecule has 0 spiro atoms. The lowest BCUT2D eigenvalue weighted by atomic mass is 10.0. The normalized spacial score (nSPS) is 14.1. The van der Waals surface area contributed by atoms with E-state index in [1.807, 2.05) is 30.3 Å². The molecule has 0 aliphatic carbocycles. The summed E-state index contributed by atoms with van der Waals surface area (Å²) in [6.07, 6.45) is 1.37. The Morgan fingerprint density at radius 2 is 2.00 bits per heavy atom. The van der Waals surface area contributed by atoms with E-state index >= 15 is 0 Å². The fourth-order valence-corrected chi connectivity index (χ4v) is 3.92. The molecule has 0 radical (unpaired) electrons. The van der Waals surface area contributed by atoms with Crippen molar-refractivity contribution in [1.29, 1.82) is 0 Å². The van der Waals surface area contributed by atoms with E-state index in [2.05, 4.69) is 0 Å². The van der Waals surface area contributed by atoms with Gasteiger partial charge >= 0.3 is 5.97 Å². The molecule has 0 N–H and O–H groups in total. The maximum absolute atomic E-state index is 12.6. The molecule has 1 aliphatic heterocycles. The van der Waals surface area contributed by atoms with Crippen LogP contribution in [0.3, 0.4) is 0 Å². The maximum atomic E-state index is 12.6. The average molecular weight is 400 g/mol. The lowest BCUT2D eigenvalue weighted by Gasteiger charge is -2.29. The number of ether oxygens (including phenoxy) is 1. The Bertz CT molecular complexity index is 887. The summed E-state index contributed by atoms with van der Waals surface area (Å²) in [6.45, 7) is 1.88. The molecule has 146 valence electrons. The number of hydrogen-bond donors (Lipinski definition) is 0. The van der Waals surface area contributed by atoms with Gasteiger partial charge in [0.15, 0.2) is 6.61 Å². The van der Waals surface area contributed by atoms with Crippen LogP contribution < -0.4 is 4.90 Å². The van der Waals surface area contributed by atoms with Gasteiger partial charge in [-0.2, -0.15) is 0 Å². The number of carbonyl (C=O) groups excluding carboxylic acids is 2. The second-order valence-electron chi connectivity index (χ2n) is 6.40. The number of hydrogen-bond acceptors (Lipinski definition) is 6. The Morgan fingerprint density at radius 1 is 1.25 bits per heavy atom. The summed E-state index contributed by atoms with van der Waals surface area (Å²) < 4.78 is 5.21. The number of amides is 1. The van der Waals surface area contributed by atoms with Crippen molar-refractivity contribution in [2.24, 2.45) is 0 Å². The molecule has 0 aromatic heterocycles. The number of nitro groups is 1. The van der Waals surface area contributed by atoms with Crippen LogP contribution in [0.15, 0.2) is 53.4 Å². The number of nitrogens with zero attached hydrogens (tertiary/aromatic N) is 2. The number of aryl methyl sites for hydroxylation is 1. The number of rotatable bonds is 6. The van der Waals surface area contributed by atoms with Gasteiger partial charge in [0, 0.05) is 29.3 Å². The van der Waals surface area contributed by atoms with E-state index in [1.54, 1.807) is 13.0 Å². The van der Waals surface area contributed by atoms with E-state index in [0.29, 0.717) is 25.1 Å². The molecule has 1 amide bonds. The minimum atomic E-state index is -0.455. The van der Waals surface area contributed by atoms with Crippen molar-refractivity contribution in [3.63, 3.8) is 0 Å². The van der Waals surface area contributed by atoms with Crippen molar-refractivity contribution < 1.29 is 19.2 Å². The van der Waals surface area contributed by atoms with E-state index in [1.165, 1.54) is 28.8 Å². The smallest absolute Gasteiger partial charge is 0.319 e. The first-order valence-electron chi connectivity index (χ1n) is 8.91. The number of esters is 1. The van der Waals surface area contributed by atoms with Gasteiger partial charge in [0.1, 0.15) is 5.25 Å². The Morgan fingerprint density at radius 3 is 2.71 bits per heavy atom. The summed E-state index contributed by atoms with van der Waals surface area (Å²) >= 11 is 1.37. The standard InChI is InChI=1S/C20H20N2O5S/c1-14(28-17-7-3-2-4-8-17)20(24)27-13-19(23)21-11-5-6-15-12-16(22(25)26)9-10-18(15)21/h2-4,7-10,12,14H,5-6,11,13H2,1H3. The van der Waals surface area contributed by atoms with Crippen LogP contribution in [0.4, 0.5) is 11.4 Å². The van der Waals surface area contributed by atoms with Crippen molar-refractivity contribution in [2.75, 3.05) is 18.1 Å². The first-order chi connectivity index (χ1) is 13.5. The molecule has 7 nitrogen and oxygen atoms in total. The third-order valence-electron chi connectivity index (χ3n) is 4.42. The zero-order chi connectivity index (χ0) is 20.1. The van der Waals surface area contributed by atoms with Gasteiger partial charge in [-0.1, -0.05) is 18.2 Å². The molecule has 0 bridgehead atoms. The topological polar surface area (TPSA) is 89.8 Å². The largest absolute Gasteiger partial charge is 0.455 e. The highest BCUT2D eigenvalue weighted by molar-refractivity contribution is 8.00. The summed E-state index contributed by atoms with van der Waals surface area (Å²) in [6, 6.07) is 14.0. The van der Waals surface area contributed by atoms with Crippen molar-refractivity contribution >= 4 is 35.0 Å². The van der Waals surface area contributed by atoms with E-state index < -0.39 is 16.1 Å². The Balaban J connectivity index is 1.60. The Kier molecular flexibility index (Phi) is 6.30. The molecule has 1 atom stereocenters. The predicted molar refractivity (Wildman–Crippen MR) is 106 cm³/mol. The van der Waals surface area contributed by atoms with Gasteiger partial charge in [0.25, 0.3) is 11.6 Å². The highest BCUT2D eigenvalue weighted by Crippen LogP contribution is 2.30. The maximum Gasteiger partial charge on any atom is 0.319 e. The van der Waals surface area contributed by atoms with Gasteiger partial charge in [-0.15, -0.1) is 11.8 Å². The van der Waals surface area contributed by atoms with Gasteiger partial charge < -0.3 is 9.64 Å². The summed E-state index contributed by atoms with van der Waals surface area (Å²) in [5.74, 6) is -0.789. The third kappa shape index (κ3) is 4.69. The number of thioether (sulfide) groups is 1. The first-order valence-corrected chi connectivity index (χ1v) is 9.79. The van der Waals surface area contributed by atoms with Crippen LogP contribution in [-0.4, -0.2) is 35.2 Å². The number of anilines is 1. The molecule has 0 fully saturated rings. The number of benzene rings is 2. The zero-order valence-corrected chi connectivity index (χ0v) is 16.2. The Labute approximate surface area is 166 Å². The highest BCUT2D eigenvalue weighted by Gasteiger charge is 2.26. The fourth-order valence-electron chi connectivity index (χ4n) is 3.04. The molecule has 2 aromatic carbocycles. The molecule has 1 heterocycles. The molecule has 1 unspecified atom stereocenters. The van der Waals surface area contributed by atoms with Gasteiger partial charge in [-0.05, 0) is 43.5 Å². The minimum absolute atomic E-state index is 0.00578. The molecule has 1 aliphatic rings. The molecule has 8 heteroatoms. The monoisotopic (exact) mass is 400 g/mol. The van der Waals surface area contributed by atoms with Crippen LogP contribution in [0.25, 0.3) is 0 Å². The highest BCUT2D eigenvalue weighted by atomic mass is 32.2. The van der Waals surface area contributed by atoms with Crippen LogP contribution in [0.1, 0.15) is 18.9 Å². The number of carbonyl (C=O) groups is 2. The van der Waals surface area contributed by atoms with Crippen LogP contribution in [0.2, 0.25) is 0 Å². The van der Waals surface area contributed by atoms with Crippen molar-refractivity contribution in [2.45, 2.75) is 29.9 Å². The molecule has 0 saturated carbocycles. The van der Waals surface area contributed by atoms with Crippen molar-refractivity contribution in [3.8, 4) is 0 Å². The molecular weight excluding hydrogens is 380 g/mol. The minimum Gasteiger partial charge on any atom is -0.455 e. The van der Waals surface area contributed by atoms with Gasteiger partial charge in [-0.3, -0.25) is 19.7 Å². The van der Waals surface area contributed by atoms with E-state index in [4.69, 9.17) is 4.74 Å². The predicted octanol–water partition coefficient (Wildman–Crippen LogP) is 3.60. The fraction of sp³-hybridized carbons (Fsp3) is 0.300. The molecule has 2 aromatic rings. The molecular formula is C20H20N2O5S. The lowest BCUT2D eigenvalue weighted by Crippen LogP contribution is -2.39. The van der Waals surface area contributed by atoms with E-state index in [9.17, 15) is 19.7 Å². The van der Waals surface area contributed by atoms with Crippen molar-refractivity contribution in [1.82, 2.24) is 0 Å². The lowest BCUT2D eigenvalue weighted by molar-refractivity contribution is -0.384. The van der Waals surface area contributed by atoms with Gasteiger partial charge in [0.05, 0.1) is 4.92 Å². The van der Waals surface area contributed by atoms with E-state index in [-0.39, 0.29) is 18.2 Å². The number of non-ortho nitro benzene ring substituents is 1. The molecule has 0 saturated heterocycles. The quantitative estimate of drug-likeness (QED) is 0.319. The van der Waals surface area contributed by atoms with Gasteiger partial charge in [0.2, 0.25) is 0 Å². The van der Waals surface area contributed by atoms with Crippen LogP contribution >= 0.6 is 11.8 Å². The first kappa shape index (κ1) is 19.9. The third-order valence-corrected chi connectivity index (χ3v) is 5.51. The number of nitro benzene ring substituents is 1. The molecule has 28 heavy (non-hydrogen) atoms. The number of fused-ring (bicyclic) bond motifs is 1. The van der Waals surface area contributed by atoms with Crippen LogP contribution in [0.5, 0.6) is 0 Å². The second kappa shape index (κ2) is 8.88. The SMILES string of the molecule is CC(Sc1ccccc1)C(=O)OCC(=O)N1CCCc2cc([N+](=O)[O-])ccc21. The van der Waals surface area contributed by atoms with Crippen LogP contribution in [0, 0.1) is 10.1 Å². The van der Waals surface area contributed by atoms with Gasteiger partial charge in [-0.25, -0.2) is 0 Å². The zero-order valence-electron chi connectivity index (χ0n) is 15.4. The second-order valence-corrected chi connectivity index (χ2v) is 7.81. The average Bonchev–Trinajstić information content (AvgIpc) is 2.71. The van der Waals surface area contributed by atoms with Crippen molar-refractivity contribution in [3.05, 3.63) is 64.2 Å². The summed E-state index contributed by atoms with van der Waals surface area (Å²) in [5.41, 5.74) is 1.41. The summed E-state index contributed by atoms with van der Waals surface area (Å²) in [5, 5.41) is 10.5. The summed E-state index contributed by atoms with van der Waals surface area (Å²) in [7, 11) is 0. The Hall–Kier alpha value is -2.87. The summed E-state index contributed by atoms with van der Waals surface area (Å²) in [4.78, 5) is 37.8. The molecule has 3 rings (SSSR count). The van der Waals surface area contributed by atoms with Crippen LogP contribution in [-0.2, 0) is 20.7 Å². The van der Waals surface area contributed by atoms with E-state index in [0.717, 1.165) is 10.5 Å².